The molecule has 0 fully saturated rings. The maximum absolute atomic E-state index is 12.7. The monoisotopic (exact) mass is 406 g/mol. The minimum absolute atomic E-state index is 0.130. The van der Waals surface area contributed by atoms with E-state index in [1.165, 1.54) is 0 Å². The third-order valence-electron chi connectivity index (χ3n) is 3.87. The lowest BCUT2D eigenvalue weighted by Gasteiger charge is -2.15. The van der Waals surface area contributed by atoms with Crippen molar-refractivity contribution in [2.45, 2.75) is 0 Å². The van der Waals surface area contributed by atoms with Crippen molar-refractivity contribution in [1.29, 1.82) is 0 Å². The van der Waals surface area contributed by atoms with Gasteiger partial charge in [-0.05, 0) is 46.3 Å². The Morgan fingerprint density at radius 3 is 2.67 bits per heavy atom. The van der Waals surface area contributed by atoms with Crippen molar-refractivity contribution in [3.8, 4) is 5.75 Å². The van der Waals surface area contributed by atoms with Crippen LogP contribution in [0.5, 0.6) is 5.75 Å². The van der Waals surface area contributed by atoms with Gasteiger partial charge in [-0.3, -0.25) is 4.79 Å². The number of carbonyl (C=O) groups excluding carboxylic acids is 1. The van der Waals surface area contributed by atoms with Crippen LogP contribution in [0.3, 0.4) is 0 Å². The number of rotatable bonds is 3. The van der Waals surface area contributed by atoms with Crippen molar-refractivity contribution in [2.75, 3.05) is 31.4 Å². The fourth-order valence-corrected chi connectivity index (χ4v) is 3.15. The summed E-state index contributed by atoms with van der Waals surface area (Å²) in [6.45, 7) is 0. The number of nitrogens with zero attached hydrogens (tertiary/aromatic N) is 1. The summed E-state index contributed by atoms with van der Waals surface area (Å²) in [6.07, 6.45) is 1.78. The molecule has 2 aromatic carbocycles. The van der Waals surface area contributed by atoms with E-state index in [4.69, 9.17) is 16.3 Å². The van der Waals surface area contributed by atoms with Crippen LogP contribution in [0.25, 0.3) is 6.08 Å². The predicted octanol–water partition coefficient (Wildman–Crippen LogP) is 4.83. The first kappa shape index (κ1) is 16.9. The number of fused-ring (bicyclic) bond motifs is 1. The van der Waals surface area contributed by atoms with Crippen molar-refractivity contribution < 1.29 is 9.53 Å². The molecule has 1 N–H and O–H groups in total. The number of halogens is 2. The topological polar surface area (TPSA) is 41.6 Å². The zero-order chi connectivity index (χ0) is 17.4. The highest BCUT2D eigenvalue weighted by atomic mass is 79.9. The van der Waals surface area contributed by atoms with E-state index < -0.39 is 0 Å². The summed E-state index contributed by atoms with van der Waals surface area (Å²) < 4.78 is 6.16. The minimum Gasteiger partial charge on any atom is -0.496 e. The van der Waals surface area contributed by atoms with E-state index >= 15 is 0 Å². The van der Waals surface area contributed by atoms with Crippen LogP contribution in [-0.4, -0.2) is 27.0 Å². The molecule has 124 valence electrons. The summed E-state index contributed by atoms with van der Waals surface area (Å²) in [7, 11) is 5.54. The summed E-state index contributed by atoms with van der Waals surface area (Å²) in [4.78, 5) is 14.7. The van der Waals surface area contributed by atoms with Crippen molar-refractivity contribution in [3.05, 3.63) is 56.7 Å². The number of carbonyl (C=O) groups is 1. The van der Waals surface area contributed by atoms with Crippen LogP contribution in [0, 0.1) is 0 Å². The van der Waals surface area contributed by atoms with Crippen LogP contribution < -0.4 is 15.0 Å². The second-order valence-electron chi connectivity index (χ2n) is 5.62. The first-order chi connectivity index (χ1) is 11.4. The number of ether oxygens (including phenoxy) is 1. The van der Waals surface area contributed by atoms with Gasteiger partial charge in [0, 0.05) is 35.9 Å². The van der Waals surface area contributed by atoms with Crippen molar-refractivity contribution in [3.63, 3.8) is 0 Å². The van der Waals surface area contributed by atoms with E-state index in [9.17, 15) is 4.79 Å². The van der Waals surface area contributed by atoms with Gasteiger partial charge in [-0.25, -0.2) is 0 Å². The fourth-order valence-electron chi connectivity index (χ4n) is 2.57. The molecule has 4 nitrogen and oxygen atoms in total. The van der Waals surface area contributed by atoms with Crippen LogP contribution in [0.1, 0.15) is 15.9 Å². The molecule has 0 atom stereocenters. The number of nitrogens with one attached hydrogen (secondary N) is 1. The molecule has 2 aromatic rings. The van der Waals surface area contributed by atoms with Crippen LogP contribution in [-0.2, 0) is 0 Å². The van der Waals surface area contributed by atoms with Gasteiger partial charge in [0.25, 0.3) is 0 Å². The van der Waals surface area contributed by atoms with Gasteiger partial charge < -0.3 is 15.0 Å². The third kappa shape index (κ3) is 2.89. The number of ketones is 1. The van der Waals surface area contributed by atoms with Gasteiger partial charge in [0.05, 0.1) is 29.1 Å². The number of hydrogen-bond acceptors (Lipinski definition) is 4. The molecule has 24 heavy (non-hydrogen) atoms. The lowest BCUT2D eigenvalue weighted by Crippen LogP contribution is -2.08. The zero-order valence-electron chi connectivity index (χ0n) is 13.5. The molecule has 0 amide bonds. The molecule has 3 rings (SSSR count). The number of hydrogen-bond donors (Lipinski definition) is 1. The fraction of sp³-hybridized carbons (Fsp3) is 0.167. The van der Waals surface area contributed by atoms with E-state index in [-0.39, 0.29) is 5.78 Å². The first-order valence-corrected chi connectivity index (χ1v) is 8.46. The second-order valence-corrected chi connectivity index (χ2v) is 6.85. The van der Waals surface area contributed by atoms with E-state index in [0.29, 0.717) is 32.2 Å². The van der Waals surface area contributed by atoms with E-state index in [0.717, 1.165) is 11.3 Å². The van der Waals surface area contributed by atoms with Gasteiger partial charge in [-0.1, -0.05) is 11.6 Å². The molecule has 0 spiro atoms. The highest BCUT2D eigenvalue weighted by molar-refractivity contribution is 9.10. The molecule has 1 aliphatic heterocycles. The van der Waals surface area contributed by atoms with Gasteiger partial charge in [0.15, 0.2) is 0 Å². The Hall–Kier alpha value is -1.98. The molecule has 0 aromatic heterocycles. The summed E-state index contributed by atoms with van der Waals surface area (Å²) >= 11 is 9.60. The zero-order valence-corrected chi connectivity index (χ0v) is 15.8. The van der Waals surface area contributed by atoms with Gasteiger partial charge in [0.1, 0.15) is 5.75 Å². The molecular weight excluding hydrogens is 392 g/mol. The number of allylic oxidation sites excluding steroid dienone is 1. The lowest BCUT2D eigenvalue weighted by atomic mass is 10.1. The Morgan fingerprint density at radius 1 is 1.25 bits per heavy atom. The predicted molar refractivity (Wildman–Crippen MR) is 102 cm³/mol. The largest absolute Gasteiger partial charge is 0.496 e. The normalized spacial score (nSPS) is 14.5. The number of Topliss-reactive ketones (excluding diaryl/α,β-unsaturated/α-hetero) is 1. The Balaban J connectivity index is 2.02. The standard InChI is InChI=1S/C18H16BrClN2O2/c1-22(2)11-5-4-10(15(9-11)24-3)8-14-18(23)16-13(21-14)7-6-12(19)17(16)20/h4-9,21H,1-3H3. The molecule has 0 unspecified atom stereocenters. The van der Waals surface area contributed by atoms with Crippen molar-refractivity contribution >= 4 is 50.8 Å². The molecule has 1 heterocycles. The molecule has 1 aliphatic rings. The highest BCUT2D eigenvalue weighted by Crippen LogP contribution is 2.39. The SMILES string of the molecule is COc1cc(N(C)C)ccc1C=C1Nc2ccc(Br)c(Cl)c2C1=O. The Kier molecular flexibility index (Phi) is 4.56. The summed E-state index contributed by atoms with van der Waals surface area (Å²) in [6, 6.07) is 9.48. The van der Waals surface area contributed by atoms with Crippen LogP contribution >= 0.6 is 27.5 Å². The Labute approximate surface area is 154 Å². The van der Waals surface area contributed by atoms with Crippen LogP contribution in [0.15, 0.2) is 40.5 Å². The summed E-state index contributed by atoms with van der Waals surface area (Å²) in [5.41, 5.74) is 3.52. The highest BCUT2D eigenvalue weighted by Gasteiger charge is 2.28. The average molecular weight is 408 g/mol. The summed E-state index contributed by atoms with van der Waals surface area (Å²) in [5, 5.41) is 3.55. The van der Waals surface area contributed by atoms with Crippen LogP contribution in [0.2, 0.25) is 5.02 Å². The Bertz CT molecular complexity index is 862. The number of methoxy groups -OCH3 is 1. The summed E-state index contributed by atoms with van der Waals surface area (Å²) in [5.74, 6) is 0.571. The third-order valence-corrected chi connectivity index (χ3v) is 5.15. The first-order valence-electron chi connectivity index (χ1n) is 7.29. The van der Waals surface area contributed by atoms with Gasteiger partial charge >= 0.3 is 0 Å². The quantitative estimate of drug-likeness (QED) is 0.740. The van der Waals surface area contributed by atoms with E-state index in [1.807, 2.05) is 49.3 Å². The molecule has 0 bridgehead atoms. The maximum Gasteiger partial charge on any atom is 0.212 e. The van der Waals surface area contributed by atoms with Gasteiger partial charge in [-0.2, -0.15) is 0 Å². The van der Waals surface area contributed by atoms with Crippen molar-refractivity contribution in [2.24, 2.45) is 0 Å². The van der Waals surface area contributed by atoms with E-state index in [1.54, 1.807) is 13.2 Å². The number of benzene rings is 2. The average Bonchev–Trinajstić information content (AvgIpc) is 2.88. The molecular formula is C18H16BrClN2O2. The van der Waals surface area contributed by atoms with Crippen molar-refractivity contribution in [1.82, 2.24) is 0 Å². The Morgan fingerprint density at radius 2 is 2.00 bits per heavy atom. The molecule has 0 radical (unpaired) electrons. The minimum atomic E-state index is -0.130. The molecule has 0 saturated carbocycles. The smallest absolute Gasteiger partial charge is 0.212 e. The van der Waals surface area contributed by atoms with Gasteiger partial charge in [-0.15, -0.1) is 0 Å². The molecule has 6 heteroatoms. The van der Waals surface area contributed by atoms with E-state index in [2.05, 4.69) is 21.2 Å². The molecule has 0 aliphatic carbocycles. The lowest BCUT2D eigenvalue weighted by molar-refractivity contribution is 0.104. The van der Waals surface area contributed by atoms with Crippen LogP contribution in [0.4, 0.5) is 11.4 Å². The second kappa shape index (κ2) is 6.49. The van der Waals surface area contributed by atoms with Gasteiger partial charge in [0.2, 0.25) is 5.78 Å². The number of anilines is 2. The maximum atomic E-state index is 12.7. The molecule has 0 saturated heterocycles.